The van der Waals surface area contributed by atoms with Crippen LogP contribution in [0, 0.1) is 6.92 Å². The summed E-state index contributed by atoms with van der Waals surface area (Å²) in [7, 11) is 0. The highest BCUT2D eigenvalue weighted by Crippen LogP contribution is 2.19. The Bertz CT molecular complexity index is 350. The van der Waals surface area contributed by atoms with Crippen molar-refractivity contribution in [3.05, 3.63) is 30.0 Å². The largest absolute Gasteiger partial charge is 0.397 e. The van der Waals surface area contributed by atoms with Gasteiger partial charge in [0.05, 0.1) is 11.9 Å². The second-order valence-electron chi connectivity index (χ2n) is 3.72. The molecule has 74 valence electrons. The fraction of sp³-hybridized carbons (Fsp3) is 0.364. The van der Waals surface area contributed by atoms with Crippen LogP contribution in [0.4, 0.5) is 11.5 Å². The molecule has 0 bridgehead atoms. The molecule has 0 amide bonds. The summed E-state index contributed by atoms with van der Waals surface area (Å²) >= 11 is 0. The molecular formula is C11H15N3. The van der Waals surface area contributed by atoms with Crippen LogP contribution in [-0.2, 0) is 0 Å². The van der Waals surface area contributed by atoms with Crippen molar-refractivity contribution < 1.29 is 0 Å². The summed E-state index contributed by atoms with van der Waals surface area (Å²) < 4.78 is 0. The molecule has 3 nitrogen and oxygen atoms in total. The van der Waals surface area contributed by atoms with Crippen LogP contribution in [0.5, 0.6) is 0 Å². The van der Waals surface area contributed by atoms with Gasteiger partial charge in [0.15, 0.2) is 0 Å². The first-order valence-electron chi connectivity index (χ1n) is 4.89. The second-order valence-corrected chi connectivity index (χ2v) is 3.72. The van der Waals surface area contributed by atoms with Gasteiger partial charge in [-0.05, 0) is 31.4 Å². The van der Waals surface area contributed by atoms with Crippen LogP contribution < -0.4 is 11.1 Å². The fourth-order valence-electron chi connectivity index (χ4n) is 1.68. The quantitative estimate of drug-likeness (QED) is 0.700. The molecule has 0 aromatic carbocycles. The Morgan fingerprint density at radius 1 is 1.43 bits per heavy atom. The number of anilines is 2. The molecule has 3 N–H and O–H groups in total. The Morgan fingerprint density at radius 3 is 2.79 bits per heavy atom. The lowest BCUT2D eigenvalue weighted by atomic mass is 10.2. The molecule has 0 fully saturated rings. The number of aryl methyl sites for hydroxylation is 1. The Labute approximate surface area is 84.0 Å². The van der Waals surface area contributed by atoms with Crippen LogP contribution in [0.15, 0.2) is 24.4 Å². The van der Waals surface area contributed by atoms with Crippen molar-refractivity contribution in [2.24, 2.45) is 0 Å². The first-order chi connectivity index (χ1) is 6.75. The van der Waals surface area contributed by atoms with E-state index in [1.165, 1.54) is 0 Å². The number of hydrogen-bond acceptors (Lipinski definition) is 3. The molecule has 14 heavy (non-hydrogen) atoms. The molecule has 0 radical (unpaired) electrons. The molecule has 3 heteroatoms. The van der Waals surface area contributed by atoms with Crippen molar-refractivity contribution in [2.75, 3.05) is 11.1 Å². The second kappa shape index (κ2) is 3.70. The fourth-order valence-corrected chi connectivity index (χ4v) is 1.68. The number of nitrogens with one attached hydrogen (secondary N) is 1. The predicted molar refractivity (Wildman–Crippen MR) is 59.2 cm³/mol. The SMILES string of the molecule is Cc1cc(N)cnc1NC1CC=CC1. The maximum atomic E-state index is 5.63. The van der Waals surface area contributed by atoms with E-state index in [4.69, 9.17) is 5.73 Å². The van der Waals surface area contributed by atoms with Gasteiger partial charge in [0.2, 0.25) is 0 Å². The molecular weight excluding hydrogens is 174 g/mol. The summed E-state index contributed by atoms with van der Waals surface area (Å²) in [5.74, 6) is 0.952. The minimum atomic E-state index is 0.504. The third kappa shape index (κ3) is 1.87. The predicted octanol–water partition coefficient (Wildman–Crippen LogP) is 2.10. The van der Waals surface area contributed by atoms with E-state index in [9.17, 15) is 0 Å². The smallest absolute Gasteiger partial charge is 0.129 e. The zero-order valence-electron chi connectivity index (χ0n) is 8.33. The lowest BCUT2D eigenvalue weighted by Gasteiger charge is -2.14. The number of aromatic nitrogens is 1. The van der Waals surface area contributed by atoms with Gasteiger partial charge in [-0.25, -0.2) is 4.98 Å². The number of nitrogen functional groups attached to an aromatic ring is 1. The first-order valence-corrected chi connectivity index (χ1v) is 4.89. The van der Waals surface area contributed by atoms with E-state index >= 15 is 0 Å². The summed E-state index contributed by atoms with van der Waals surface area (Å²) in [5, 5.41) is 3.41. The molecule has 0 saturated carbocycles. The number of nitrogens with zero attached hydrogens (tertiary/aromatic N) is 1. The van der Waals surface area contributed by atoms with Crippen molar-refractivity contribution in [2.45, 2.75) is 25.8 Å². The highest BCUT2D eigenvalue weighted by molar-refractivity contribution is 5.51. The lowest BCUT2D eigenvalue weighted by molar-refractivity contribution is 0.779. The van der Waals surface area contributed by atoms with Crippen molar-refractivity contribution in [3.8, 4) is 0 Å². The van der Waals surface area contributed by atoms with Gasteiger partial charge in [0, 0.05) is 6.04 Å². The van der Waals surface area contributed by atoms with E-state index in [0.29, 0.717) is 6.04 Å². The lowest BCUT2D eigenvalue weighted by Crippen LogP contribution is -2.16. The van der Waals surface area contributed by atoms with Crippen LogP contribution in [0.25, 0.3) is 0 Å². The maximum absolute atomic E-state index is 5.63. The molecule has 0 saturated heterocycles. The third-order valence-corrected chi connectivity index (χ3v) is 2.45. The zero-order valence-corrected chi connectivity index (χ0v) is 8.33. The zero-order chi connectivity index (χ0) is 9.97. The summed E-state index contributed by atoms with van der Waals surface area (Å²) in [6, 6.07) is 2.45. The van der Waals surface area contributed by atoms with Gasteiger partial charge < -0.3 is 11.1 Å². The van der Waals surface area contributed by atoms with Gasteiger partial charge in [-0.2, -0.15) is 0 Å². The molecule has 1 aromatic rings. The van der Waals surface area contributed by atoms with Crippen LogP contribution in [-0.4, -0.2) is 11.0 Å². The Kier molecular flexibility index (Phi) is 2.39. The molecule has 0 spiro atoms. The number of hydrogen-bond donors (Lipinski definition) is 2. The van der Waals surface area contributed by atoms with E-state index in [1.54, 1.807) is 6.20 Å². The average Bonchev–Trinajstić information content (AvgIpc) is 2.62. The molecule has 0 atom stereocenters. The maximum Gasteiger partial charge on any atom is 0.129 e. The summed E-state index contributed by atoms with van der Waals surface area (Å²) in [6.45, 7) is 2.02. The highest BCUT2D eigenvalue weighted by Gasteiger charge is 2.11. The Hall–Kier alpha value is -1.51. The molecule has 1 aromatic heterocycles. The third-order valence-electron chi connectivity index (χ3n) is 2.45. The van der Waals surface area contributed by atoms with Crippen molar-refractivity contribution >= 4 is 11.5 Å². The minimum Gasteiger partial charge on any atom is -0.397 e. The molecule has 0 aliphatic heterocycles. The molecule has 1 heterocycles. The summed E-state index contributed by atoms with van der Waals surface area (Å²) in [5.41, 5.74) is 7.46. The molecule has 2 rings (SSSR count). The van der Waals surface area contributed by atoms with Crippen LogP contribution in [0.2, 0.25) is 0 Å². The van der Waals surface area contributed by atoms with E-state index in [1.807, 2.05) is 13.0 Å². The monoisotopic (exact) mass is 189 g/mol. The minimum absolute atomic E-state index is 0.504. The van der Waals surface area contributed by atoms with Crippen LogP contribution in [0.3, 0.4) is 0 Å². The molecule has 0 unspecified atom stereocenters. The van der Waals surface area contributed by atoms with Crippen molar-refractivity contribution in [1.82, 2.24) is 4.98 Å². The standard InChI is InChI=1S/C11H15N3/c1-8-6-9(12)7-13-11(8)14-10-4-2-3-5-10/h2-3,6-7,10H,4-5,12H2,1H3,(H,13,14). The molecule has 1 aliphatic rings. The summed E-state index contributed by atoms with van der Waals surface area (Å²) in [4.78, 5) is 4.28. The van der Waals surface area contributed by atoms with Gasteiger partial charge in [-0.15, -0.1) is 0 Å². The topological polar surface area (TPSA) is 50.9 Å². The highest BCUT2D eigenvalue weighted by atomic mass is 15.0. The van der Waals surface area contributed by atoms with E-state index in [-0.39, 0.29) is 0 Å². The Balaban J connectivity index is 2.08. The average molecular weight is 189 g/mol. The number of pyridine rings is 1. The van der Waals surface area contributed by atoms with Gasteiger partial charge in [-0.1, -0.05) is 12.2 Å². The molecule has 1 aliphatic carbocycles. The van der Waals surface area contributed by atoms with Crippen molar-refractivity contribution in [3.63, 3.8) is 0 Å². The number of rotatable bonds is 2. The van der Waals surface area contributed by atoms with Gasteiger partial charge in [0.1, 0.15) is 5.82 Å². The van der Waals surface area contributed by atoms with E-state index in [2.05, 4.69) is 22.5 Å². The van der Waals surface area contributed by atoms with E-state index in [0.717, 1.165) is 29.9 Å². The number of nitrogens with two attached hydrogens (primary N) is 1. The van der Waals surface area contributed by atoms with Gasteiger partial charge in [0.25, 0.3) is 0 Å². The summed E-state index contributed by atoms with van der Waals surface area (Å²) in [6.07, 6.45) is 8.27. The van der Waals surface area contributed by atoms with Gasteiger partial charge >= 0.3 is 0 Å². The van der Waals surface area contributed by atoms with E-state index < -0.39 is 0 Å². The van der Waals surface area contributed by atoms with Crippen LogP contribution >= 0.6 is 0 Å². The Morgan fingerprint density at radius 2 is 2.14 bits per heavy atom. The normalized spacial score (nSPS) is 16.1. The first kappa shape index (κ1) is 9.06. The van der Waals surface area contributed by atoms with Crippen molar-refractivity contribution in [1.29, 1.82) is 0 Å². The van der Waals surface area contributed by atoms with Crippen LogP contribution in [0.1, 0.15) is 18.4 Å². The van der Waals surface area contributed by atoms with Gasteiger partial charge in [-0.3, -0.25) is 0 Å².